The molecule has 1 atom stereocenters. The number of aromatic nitrogens is 1. The number of likely N-dealkylation sites (tertiary alicyclic amines) is 2. The molecule has 0 spiro atoms. The quantitative estimate of drug-likeness (QED) is 0.854. The Morgan fingerprint density at radius 3 is 2.59 bits per heavy atom. The lowest BCUT2D eigenvalue weighted by Gasteiger charge is -2.36. The third-order valence-corrected chi connectivity index (χ3v) is 6.20. The van der Waals surface area contributed by atoms with Crippen LogP contribution in [-0.2, 0) is 19.6 Å². The smallest absolute Gasteiger partial charge is 0.0681 e. The molecule has 27 heavy (non-hydrogen) atoms. The number of aliphatic hydroxyl groups is 1. The number of hydrogen-bond acceptors (Lipinski definition) is 4. The molecule has 1 N–H and O–H groups in total. The zero-order valence-electron chi connectivity index (χ0n) is 16.1. The van der Waals surface area contributed by atoms with Crippen molar-refractivity contribution in [3.8, 4) is 0 Å². The molecule has 2 saturated heterocycles. The Morgan fingerprint density at radius 2 is 1.81 bits per heavy atom. The highest BCUT2D eigenvalue weighted by Crippen LogP contribution is 2.27. The van der Waals surface area contributed by atoms with Crippen LogP contribution >= 0.6 is 0 Å². The first-order valence-electron chi connectivity index (χ1n) is 10.3. The van der Waals surface area contributed by atoms with Crippen LogP contribution in [0.15, 0.2) is 48.7 Å². The highest BCUT2D eigenvalue weighted by atomic mass is 16.3. The molecular weight excluding hydrogens is 334 g/mol. The minimum atomic E-state index is 0.141. The van der Waals surface area contributed by atoms with Crippen LogP contribution in [0.25, 0.3) is 0 Å². The van der Waals surface area contributed by atoms with Crippen LogP contribution in [0, 0.1) is 5.92 Å². The standard InChI is InChI=1S/C23H31N3O/c27-18-21-5-3-4-19(15-21)14-20-7-13-26(16-20)23-8-11-25(12-9-23)17-22-6-1-2-10-24-22/h1-6,10,15,20,23,27H,7-9,11-14,16-18H2/t20-/m0/s1. The predicted molar refractivity (Wildman–Crippen MR) is 108 cm³/mol. The van der Waals surface area contributed by atoms with Crippen molar-refractivity contribution in [2.75, 3.05) is 26.2 Å². The maximum absolute atomic E-state index is 9.33. The molecule has 2 fully saturated rings. The molecule has 0 amide bonds. The van der Waals surface area contributed by atoms with Gasteiger partial charge in [0.2, 0.25) is 0 Å². The Kier molecular flexibility index (Phi) is 6.17. The van der Waals surface area contributed by atoms with Crippen molar-refractivity contribution >= 4 is 0 Å². The van der Waals surface area contributed by atoms with E-state index in [-0.39, 0.29) is 6.61 Å². The summed E-state index contributed by atoms with van der Waals surface area (Å²) < 4.78 is 0. The van der Waals surface area contributed by atoms with Gasteiger partial charge in [-0.2, -0.15) is 0 Å². The van der Waals surface area contributed by atoms with Gasteiger partial charge in [0.1, 0.15) is 0 Å². The average Bonchev–Trinajstić information content (AvgIpc) is 3.18. The lowest BCUT2D eigenvalue weighted by molar-refractivity contribution is 0.119. The second-order valence-corrected chi connectivity index (χ2v) is 8.16. The maximum atomic E-state index is 9.33. The van der Waals surface area contributed by atoms with Gasteiger partial charge < -0.3 is 5.11 Å². The van der Waals surface area contributed by atoms with E-state index in [0.29, 0.717) is 0 Å². The molecule has 0 unspecified atom stereocenters. The number of benzene rings is 1. The molecule has 2 aliphatic rings. The molecule has 144 valence electrons. The van der Waals surface area contributed by atoms with E-state index in [1.807, 2.05) is 18.3 Å². The fourth-order valence-corrected chi connectivity index (χ4v) is 4.71. The summed E-state index contributed by atoms with van der Waals surface area (Å²) in [7, 11) is 0. The number of piperidine rings is 1. The molecule has 2 aromatic rings. The van der Waals surface area contributed by atoms with Gasteiger partial charge in [-0.05, 0) is 61.4 Å². The first-order valence-corrected chi connectivity index (χ1v) is 10.3. The number of aliphatic hydroxyl groups excluding tert-OH is 1. The molecule has 0 aliphatic carbocycles. The van der Waals surface area contributed by atoms with Crippen LogP contribution in [0.4, 0.5) is 0 Å². The van der Waals surface area contributed by atoms with Crippen molar-refractivity contribution in [1.82, 2.24) is 14.8 Å². The summed E-state index contributed by atoms with van der Waals surface area (Å²) in [6.07, 6.45) is 6.89. The molecule has 4 rings (SSSR count). The number of hydrogen-bond donors (Lipinski definition) is 1. The highest BCUT2D eigenvalue weighted by molar-refractivity contribution is 5.23. The molecular formula is C23H31N3O. The van der Waals surface area contributed by atoms with Crippen molar-refractivity contribution in [3.05, 3.63) is 65.5 Å². The van der Waals surface area contributed by atoms with Crippen molar-refractivity contribution in [2.24, 2.45) is 5.92 Å². The van der Waals surface area contributed by atoms with Gasteiger partial charge in [0, 0.05) is 38.4 Å². The van der Waals surface area contributed by atoms with E-state index in [4.69, 9.17) is 0 Å². The largest absolute Gasteiger partial charge is 0.392 e. The lowest BCUT2D eigenvalue weighted by atomic mass is 9.97. The number of rotatable bonds is 6. The normalized spacial score (nSPS) is 22.3. The zero-order chi connectivity index (χ0) is 18.5. The van der Waals surface area contributed by atoms with E-state index in [1.54, 1.807) is 0 Å². The zero-order valence-corrected chi connectivity index (χ0v) is 16.1. The number of pyridine rings is 1. The Hall–Kier alpha value is -1.75. The topological polar surface area (TPSA) is 39.6 Å². The summed E-state index contributed by atoms with van der Waals surface area (Å²) in [4.78, 5) is 9.75. The first-order chi connectivity index (χ1) is 13.3. The van der Waals surface area contributed by atoms with E-state index >= 15 is 0 Å². The van der Waals surface area contributed by atoms with Crippen LogP contribution in [0.3, 0.4) is 0 Å². The molecule has 0 bridgehead atoms. The van der Waals surface area contributed by atoms with E-state index in [2.05, 4.69) is 45.1 Å². The summed E-state index contributed by atoms with van der Waals surface area (Å²) in [5, 5.41) is 9.33. The lowest BCUT2D eigenvalue weighted by Crippen LogP contribution is -2.43. The minimum Gasteiger partial charge on any atom is -0.392 e. The SMILES string of the molecule is OCc1cccc(C[C@@H]2CCN(C3CCN(Cc4ccccn4)CC3)C2)c1. The number of nitrogens with zero attached hydrogens (tertiary/aromatic N) is 3. The molecule has 2 aliphatic heterocycles. The van der Waals surface area contributed by atoms with E-state index in [1.165, 1.54) is 56.7 Å². The average molecular weight is 366 g/mol. The fourth-order valence-electron chi connectivity index (χ4n) is 4.71. The summed E-state index contributed by atoms with van der Waals surface area (Å²) in [5.74, 6) is 0.755. The van der Waals surface area contributed by atoms with Crippen LogP contribution in [0.1, 0.15) is 36.1 Å². The Labute approximate surface area is 162 Å². The summed E-state index contributed by atoms with van der Waals surface area (Å²) in [6, 6.07) is 15.4. The van der Waals surface area contributed by atoms with Crippen molar-refractivity contribution < 1.29 is 5.11 Å². The van der Waals surface area contributed by atoms with Crippen LogP contribution < -0.4 is 0 Å². The van der Waals surface area contributed by atoms with Crippen molar-refractivity contribution in [2.45, 2.75) is 44.9 Å². The predicted octanol–water partition coefficient (Wildman–Crippen LogP) is 3.10. The summed E-state index contributed by atoms with van der Waals surface area (Å²) >= 11 is 0. The van der Waals surface area contributed by atoms with E-state index in [9.17, 15) is 5.11 Å². The van der Waals surface area contributed by atoms with Gasteiger partial charge in [-0.1, -0.05) is 30.3 Å². The molecule has 3 heterocycles. The van der Waals surface area contributed by atoms with Gasteiger partial charge in [0.05, 0.1) is 12.3 Å². The van der Waals surface area contributed by atoms with Gasteiger partial charge in [-0.25, -0.2) is 0 Å². The van der Waals surface area contributed by atoms with Crippen molar-refractivity contribution in [3.63, 3.8) is 0 Å². The van der Waals surface area contributed by atoms with E-state index in [0.717, 1.165) is 30.5 Å². The van der Waals surface area contributed by atoms with Gasteiger partial charge in [0.15, 0.2) is 0 Å². The molecule has 0 saturated carbocycles. The van der Waals surface area contributed by atoms with E-state index < -0.39 is 0 Å². The second-order valence-electron chi connectivity index (χ2n) is 8.16. The first kappa shape index (κ1) is 18.6. The molecule has 4 nitrogen and oxygen atoms in total. The Morgan fingerprint density at radius 1 is 0.963 bits per heavy atom. The fraction of sp³-hybridized carbons (Fsp3) is 0.522. The molecule has 4 heteroatoms. The Bertz CT molecular complexity index is 713. The molecule has 0 radical (unpaired) electrons. The third-order valence-electron chi connectivity index (χ3n) is 6.20. The van der Waals surface area contributed by atoms with Crippen LogP contribution in [0.2, 0.25) is 0 Å². The second kappa shape index (κ2) is 8.96. The minimum absolute atomic E-state index is 0.141. The maximum Gasteiger partial charge on any atom is 0.0681 e. The van der Waals surface area contributed by atoms with Gasteiger partial charge in [-0.15, -0.1) is 0 Å². The van der Waals surface area contributed by atoms with Gasteiger partial charge in [-0.3, -0.25) is 14.8 Å². The van der Waals surface area contributed by atoms with Crippen LogP contribution in [-0.4, -0.2) is 52.1 Å². The molecule has 1 aromatic heterocycles. The summed E-state index contributed by atoms with van der Waals surface area (Å²) in [5.41, 5.74) is 3.59. The van der Waals surface area contributed by atoms with Gasteiger partial charge >= 0.3 is 0 Å². The highest BCUT2D eigenvalue weighted by Gasteiger charge is 2.30. The van der Waals surface area contributed by atoms with Gasteiger partial charge in [0.25, 0.3) is 0 Å². The monoisotopic (exact) mass is 365 g/mol. The third kappa shape index (κ3) is 4.95. The van der Waals surface area contributed by atoms with Crippen molar-refractivity contribution in [1.29, 1.82) is 0 Å². The summed E-state index contributed by atoms with van der Waals surface area (Å²) in [6.45, 7) is 5.96. The van der Waals surface area contributed by atoms with Crippen LogP contribution in [0.5, 0.6) is 0 Å². The Balaban J connectivity index is 1.24. The molecule has 1 aromatic carbocycles.